The summed E-state index contributed by atoms with van der Waals surface area (Å²) in [4.78, 5) is 0. The van der Waals surface area contributed by atoms with Gasteiger partial charge in [-0.1, -0.05) is 6.92 Å². The second kappa shape index (κ2) is 9.32. The molecule has 0 fully saturated rings. The number of amidine groups is 2. The molecule has 0 atom stereocenters. The molecule has 0 aliphatic carbocycles. The summed E-state index contributed by atoms with van der Waals surface area (Å²) in [5.41, 5.74) is 1.20. The lowest BCUT2D eigenvalue weighted by atomic mass is 10.1. The van der Waals surface area contributed by atoms with Crippen molar-refractivity contribution in [2.75, 3.05) is 0 Å². The van der Waals surface area contributed by atoms with Gasteiger partial charge in [0.1, 0.15) is 0 Å². The Labute approximate surface area is 151 Å². The van der Waals surface area contributed by atoms with E-state index in [1.165, 1.54) is 0 Å². The lowest BCUT2D eigenvalue weighted by molar-refractivity contribution is 0.514. The van der Waals surface area contributed by atoms with Crippen LogP contribution in [0.3, 0.4) is 0 Å². The van der Waals surface area contributed by atoms with Crippen molar-refractivity contribution in [2.24, 2.45) is 20.4 Å². The number of nitrogens with zero attached hydrogens (tertiary/aromatic N) is 4. The lowest BCUT2D eigenvalue weighted by Crippen LogP contribution is -2.38. The predicted molar refractivity (Wildman–Crippen MR) is 109 cm³/mol. The third-order valence-electron chi connectivity index (χ3n) is 2.29. The number of thiol groups is 2. The van der Waals surface area contributed by atoms with Gasteiger partial charge in [-0.15, -0.1) is 35.5 Å². The number of hydrogen-bond donors (Lipinski definition) is 4. The average Bonchev–Trinajstić information content (AvgIpc) is 2.32. The monoisotopic (exact) mass is 358 g/mol. The first-order chi connectivity index (χ1) is 10.3. The third kappa shape index (κ3) is 12.1. The van der Waals surface area contributed by atoms with Crippen molar-refractivity contribution >= 4 is 47.0 Å². The van der Waals surface area contributed by atoms with E-state index in [0.717, 1.165) is 5.71 Å². The van der Waals surface area contributed by atoms with Crippen molar-refractivity contribution in [2.45, 2.75) is 72.9 Å². The first-order valence-corrected chi connectivity index (χ1v) is 8.45. The fraction of sp³-hybridized carbons (Fsp3) is 0.733. The summed E-state index contributed by atoms with van der Waals surface area (Å²) in [6, 6.07) is 0. The zero-order chi connectivity index (χ0) is 18.3. The Morgan fingerprint density at radius 2 is 1.17 bits per heavy atom. The molecule has 0 aromatic rings. The molecule has 0 heterocycles. The summed E-state index contributed by atoms with van der Waals surface area (Å²) >= 11 is 8.55. The highest BCUT2D eigenvalue weighted by Crippen LogP contribution is 2.02. The molecule has 0 aromatic carbocycles. The summed E-state index contributed by atoms with van der Waals surface area (Å²) in [5.74, 6) is 0. The average molecular weight is 359 g/mol. The van der Waals surface area contributed by atoms with Gasteiger partial charge in [-0.3, -0.25) is 0 Å². The van der Waals surface area contributed by atoms with Gasteiger partial charge in [0.25, 0.3) is 0 Å². The van der Waals surface area contributed by atoms with Crippen molar-refractivity contribution in [1.82, 2.24) is 10.6 Å². The number of hydrogen-bond acceptors (Lipinski definition) is 4. The fourth-order valence-electron chi connectivity index (χ4n) is 1.41. The molecular weight excluding hydrogens is 328 g/mol. The van der Waals surface area contributed by atoms with Crippen LogP contribution in [-0.2, 0) is 0 Å². The van der Waals surface area contributed by atoms with Crippen LogP contribution in [0.2, 0.25) is 0 Å². The number of nitrogens with one attached hydrogen (secondary N) is 2. The molecule has 0 radical (unpaired) electrons. The maximum absolute atomic E-state index is 4.28. The first kappa shape index (κ1) is 22.0. The van der Waals surface area contributed by atoms with Crippen molar-refractivity contribution < 1.29 is 0 Å². The van der Waals surface area contributed by atoms with Crippen LogP contribution in [0.25, 0.3) is 0 Å². The zero-order valence-corrected chi connectivity index (χ0v) is 17.2. The summed E-state index contributed by atoms with van der Waals surface area (Å²) in [6.07, 6.45) is 0.694. The highest BCUT2D eigenvalue weighted by molar-refractivity contribution is 7.97. The first-order valence-electron chi connectivity index (χ1n) is 7.55. The van der Waals surface area contributed by atoms with E-state index >= 15 is 0 Å². The molecule has 0 saturated carbocycles. The van der Waals surface area contributed by atoms with E-state index in [0.29, 0.717) is 22.5 Å². The molecule has 8 heteroatoms. The Kier molecular flexibility index (Phi) is 8.90. The molecule has 132 valence electrons. The van der Waals surface area contributed by atoms with Gasteiger partial charge in [-0.2, -0.15) is 10.2 Å². The van der Waals surface area contributed by atoms with E-state index in [1.54, 1.807) is 0 Å². The van der Waals surface area contributed by atoms with Crippen molar-refractivity contribution in [3.63, 3.8) is 0 Å². The third-order valence-corrected chi connectivity index (χ3v) is 2.69. The van der Waals surface area contributed by atoms with Gasteiger partial charge in [0.15, 0.2) is 10.3 Å². The molecule has 23 heavy (non-hydrogen) atoms. The standard InChI is InChI=1S/C15H30N6S2/c1-9-11(19-21-13(23)17-15(6,7)8)10(2)18-20-12(22)16-14(3,4)5/h9H2,1-8H3,(H2,16,20,22)(H2,17,21,23)/b18-10+,19-11+. The Morgan fingerprint density at radius 1 is 0.783 bits per heavy atom. The van der Waals surface area contributed by atoms with E-state index in [4.69, 9.17) is 0 Å². The molecule has 0 aromatic heterocycles. The van der Waals surface area contributed by atoms with Crippen molar-refractivity contribution in [3.8, 4) is 0 Å². The van der Waals surface area contributed by atoms with Crippen LogP contribution in [0.15, 0.2) is 20.4 Å². The van der Waals surface area contributed by atoms with Crippen LogP contribution in [-0.4, -0.2) is 32.8 Å². The van der Waals surface area contributed by atoms with Gasteiger partial charge in [-0.05, 0) is 54.9 Å². The Balaban J connectivity index is 5.09. The zero-order valence-electron chi connectivity index (χ0n) is 15.4. The lowest BCUT2D eigenvalue weighted by Gasteiger charge is -2.20. The maximum atomic E-state index is 4.28. The molecule has 0 aliphatic heterocycles. The smallest absolute Gasteiger partial charge is 0.180 e. The van der Waals surface area contributed by atoms with Crippen LogP contribution in [0.4, 0.5) is 0 Å². The second-order valence-corrected chi connectivity index (χ2v) is 8.03. The Bertz CT molecular complexity index is 507. The minimum Gasteiger partial charge on any atom is -0.359 e. The molecule has 0 aliphatic rings. The number of rotatable bonds is 4. The van der Waals surface area contributed by atoms with Crippen molar-refractivity contribution in [1.29, 1.82) is 0 Å². The summed E-state index contributed by atoms with van der Waals surface area (Å²) in [6.45, 7) is 16.0. The van der Waals surface area contributed by atoms with Crippen LogP contribution in [0.1, 0.15) is 61.8 Å². The fourth-order valence-corrected chi connectivity index (χ4v) is 2.17. The van der Waals surface area contributed by atoms with Crippen LogP contribution in [0, 0.1) is 0 Å². The van der Waals surface area contributed by atoms with Crippen LogP contribution < -0.4 is 10.6 Å². The van der Waals surface area contributed by atoms with E-state index in [1.807, 2.05) is 55.4 Å². The van der Waals surface area contributed by atoms with E-state index in [-0.39, 0.29) is 11.1 Å². The molecule has 6 nitrogen and oxygen atoms in total. The van der Waals surface area contributed by atoms with Crippen LogP contribution in [0.5, 0.6) is 0 Å². The molecule has 0 rings (SSSR count). The van der Waals surface area contributed by atoms with Crippen molar-refractivity contribution in [3.05, 3.63) is 0 Å². The second-order valence-electron chi connectivity index (χ2n) is 7.18. The molecule has 2 N–H and O–H groups in total. The minimum absolute atomic E-state index is 0.116. The van der Waals surface area contributed by atoms with Gasteiger partial charge < -0.3 is 10.6 Å². The van der Waals surface area contributed by atoms with E-state index in [2.05, 4.69) is 56.3 Å². The maximum Gasteiger partial charge on any atom is 0.180 e. The van der Waals surface area contributed by atoms with E-state index < -0.39 is 0 Å². The van der Waals surface area contributed by atoms with Gasteiger partial charge in [0.2, 0.25) is 0 Å². The van der Waals surface area contributed by atoms with Crippen LogP contribution >= 0.6 is 25.3 Å². The van der Waals surface area contributed by atoms with E-state index in [9.17, 15) is 0 Å². The quantitative estimate of drug-likeness (QED) is 0.269. The summed E-state index contributed by atoms with van der Waals surface area (Å²) < 4.78 is 0. The SMILES string of the molecule is CCC(=N\N=C(/S)NC(C)(C)C)/C(C)=N/N=C(\S)NC(C)(C)C. The molecule has 0 spiro atoms. The Morgan fingerprint density at radius 3 is 1.52 bits per heavy atom. The molecule has 0 amide bonds. The van der Waals surface area contributed by atoms with Gasteiger partial charge >= 0.3 is 0 Å². The van der Waals surface area contributed by atoms with Gasteiger partial charge in [-0.25, -0.2) is 0 Å². The summed E-state index contributed by atoms with van der Waals surface area (Å²) in [5, 5.41) is 23.7. The normalized spacial score (nSPS) is 15.7. The molecular formula is C15H30N6S2. The Hall–Kier alpha value is -1.02. The predicted octanol–water partition coefficient (Wildman–Crippen LogP) is 3.48. The highest BCUT2D eigenvalue weighted by atomic mass is 32.1. The molecule has 0 saturated heterocycles. The van der Waals surface area contributed by atoms with Gasteiger partial charge in [0.05, 0.1) is 11.4 Å². The summed E-state index contributed by atoms with van der Waals surface area (Å²) in [7, 11) is 0. The highest BCUT2D eigenvalue weighted by Gasteiger charge is 2.11. The largest absolute Gasteiger partial charge is 0.359 e. The van der Waals surface area contributed by atoms with Gasteiger partial charge in [0, 0.05) is 11.1 Å². The minimum atomic E-state index is -0.116. The molecule has 0 bridgehead atoms. The topological polar surface area (TPSA) is 73.5 Å². The molecule has 0 unspecified atom stereocenters.